The van der Waals surface area contributed by atoms with Gasteiger partial charge in [-0.1, -0.05) is 6.92 Å². The highest BCUT2D eigenvalue weighted by atomic mass is 79.9. The fraction of sp³-hybridized carbons (Fsp3) is 0.714. The molecule has 0 aliphatic carbocycles. The number of halogens is 1. The average Bonchev–Trinajstić information content (AvgIpc) is 2.46. The molecule has 0 spiro atoms. The van der Waals surface area contributed by atoms with Crippen molar-refractivity contribution in [3.05, 3.63) is 10.7 Å². The lowest BCUT2D eigenvalue weighted by molar-refractivity contribution is 0.209. The molecule has 0 unspecified atom stereocenters. The highest BCUT2D eigenvalue weighted by Crippen LogP contribution is 2.25. The minimum Gasteiger partial charge on any atom is -0.354 e. The lowest BCUT2D eigenvalue weighted by Gasteiger charge is -2.37. The van der Waals surface area contributed by atoms with Gasteiger partial charge in [-0.25, -0.2) is 4.98 Å². The van der Waals surface area contributed by atoms with Crippen LogP contribution in [0.25, 0.3) is 0 Å². The molecule has 2 heterocycles. The molecule has 1 aromatic heterocycles. The normalized spacial score (nSPS) is 16.8. The van der Waals surface area contributed by atoms with E-state index in [4.69, 9.17) is 0 Å². The number of hydrogen-bond donors (Lipinski definition) is 1. The van der Waals surface area contributed by atoms with Gasteiger partial charge in [0.25, 0.3) is 0 Å². The number of nitrogens with one attached hydrogen (secondary N) is 1. The van der Waals surface area contributed by atoms with Crippen molar-refractivity contribution in [3.63, 3.8) is 0 Å². The first-order valence-corrected chi connectivity index (χ1v) is 8.16. The van der Waals surface area contributed by atoms with Gasteiger partial charge >= 0.3 is 0 Å². The van der Waals surface area contributed by atoms with Gasteiger partial charge in [0.2, 0.25) is 5.95 Å². The van der Waals surface area contributed by atoms with Crippen molar-refractivity contribution >= 4 is 27.7 Å². The summed E-state index contributed by atoms with van der Waals surface area (Å²) in [6, 6.07) is 0.618. The zero-order valence-electron chi connectivity index (χ0n) is 12.6. The van der Waals surface area contributed by atoms with E-state index >= 15 is 0 Å². The Hall–Kier alpha value is -0.880. The van der Waals surface area contributed by atoms with Crippen LogP contribution >= 0.6 is 15.9 Å². The van der Waals surface area contributed by atoms with Gasteiger partial charge in [0.1, 0.15) is 5.82 Å². The Morgan fingerprint density at radius 1 is 1.30 bits per heavy atom. The molecule has 1 aliphatic rings. The summed E-state index contributed by atoms with van der Waals surface area (Å²) in [6.07, 6.45) is 2.91. The van der Waals surface area contributed by atoms with Crippen LogP contribution in [0.15, 0.2) is 10.7 Å². The number of aromatic nitrogens is 2. The predicted octanol–water partition coefficient (Wildman–Crippen LogP) is 2.59. The second-order valence-corrected chi connectivity index (χ2v) is 6.26. The van der Waals surface area contributed by atoms with Crippen molar-refractivity contribution in [1.29, 1.82) is 0 Å². The van der Waals surface area contributed by atoms with E-state index in [1.165, 1.54) is 0 Å². The van der Waals surface area contributed by atoms with E-state index in [1.54, 1.807) is 0 Å². The maximum Gasteiger partial charge on any atom is 0.224 e. The van der Waals surface area contributed by atoms with E-state index in [2.05, 4.69) is 61.8 Å². The molecule has 6 heteroatoms. The second kappa shape index (κ2) is 7.22. The Morgan fingerprint density at radius 3 is 2.60 bits per heavy atom. The molecule has 1 saturated heterocycles. The van der Waals surface area contributed by atoms with Crippen molar-refractivity contribution in [1.82, 2.24) is 14.9 Å². The summed E-state index contributed by atoms with van der Waals surface area (Å²) in [5, 5.41) is 3.25. The first-order chi connectivity index (χ1) is 9.61. The molecule has 1 fully saturated rings. The maximum atomic E-state index is 4.64. The van der Waals surface area contributed by atoms with Gasteiger partial charge in [-0.3, -0.25) is 4.90 Å². The van der Waals surface area contributed by atoms with Crippen LogP contribution in [-0.2, 0) is 0 Å². The average molecular weight is 342 g/mol. The van der Waals surface area contributed by atoms with Crippen LogP contribution in [0.2, 0.25) is 0 Å². The Balaban J connectivity index is 2.05. The summed E-state index contributed by atoms with van der Waals surface area (Å²) in [5.74, 6) is 1.72. The van der Waals surface area contributed by atoms with Gasteiger partial charge in [-0.05, 0) is 36.2 Å². The summed E-state index contributed by atoms with van der Waals surface area (Å²) in [6.45, 7) is 11.8. The summed E-state index contributed by atoms with van der Waals surface area (Å²) in [4.78, 5) is 13.8. The monoisotopic (exact) mass is 341 g/mol. The third kappa shape index (κ3) is 3.82. The molecule has 2 rings (SSSR count). The molecule has 0 bridgehead atoms. The summed E-state index contributed by atoms with van der Waals surface area (Å²) in [7, 11) is 0. The van der Waals surface area contributed by atoms with Crippen molar-refractivity contribution in [2.45, 2.75) is 33.2 Å². The van der Waals surface area contributed by atoms with Crippen LogP contribution < -0.4 is 10.2 Å². The highest BCUT2D eigenvalue weighted by Gasteiger charge is 2.21. The third-order valence-electron chi connectivity index (χ3n) is 3.60. The fourth-order valence-corrected chi connectivity index (χ4v) is 2.79. The first-order valence-electron chi connectivity index (χ1n) is 7.37. The predicted molar refractivity (Wildman–Crippen MR) is 87.4 cm³/mol. The summed E-state index contributed by atoms with van der Waals surface area (Å²) < 4.78 is 0.970. The Morgan fingerprint density at radius 2 is 2.00 bits per heavy atom. The van der Waals surface area contributed by atoms with Crippen LogP contribution in [-0.4, -0.2) is 53.6 Å². The van der Waals surface area contributed by atoms with Gasteiger partial charge in [0.15, 0.2) is 0 Å². The molecule has 0 radical (unpaired) electrons. The zero-order chi connectivity index (χ0) is 14.5. The standard InChI is InChI=1S/C14H24BrN5/c1-4-5-16-14-17-10-12(15)13(18-14)20-8-6-19(7-9-20)11(2)3/h10-11H,4-9H2,1-3H3,(H,16,17,18). The van der Waals surface area contributed by atoms with E-state index in [-0.39, 0.29) is 0 Å². The Bertz CT molecular complexity index is 430. The second-order valence-electron chi connectivity index (χ2n) is 5.41. The van der Waals surface area contributed by atoms with Crippen LogP contribution in [0.4, 0.5) is 11.8 Å². The number of nitrogens with zero attached hydrogens (tertiary/aromatic N) is 4. The van der Waals surface area contributed by atoms with Crippen LogP contribution in [0, 0.1) is 0 Å². The molecule has 112 valence electrons. The third-order valence-corrected chi connectivity index (χ3v) is 4.16. The highest BCUT2D eigenvalue weighted by molar-refractivity contribution is 9.10. The van der Waals surface area contributed by atoms with E-state index in [1.807, 2.05) is 6.20 Å². The van der Waals surface area contributed by atoms with Crippen molar-refractivity contribution < 1.29 is 0 Å². The molecular formula is C14H24BrN5. The number of anilines is 2. The van der Waals surface area contributed by atoms with Crippen molar-refractivity contribution in [2.75, 3.05) is 42.9 Å². The number of piperazine rings is 1. The smallest absolute Gasteiger partial charge is 0.224 e. The quantitative estimate of drug-likeness (QED) is 0.891. The van der Waals surface area contributed by atoms with Crippen LogP contribution in [0.3, 0.4) is 0 Å². The van der Waals surface area contributed by atoms with E-state index in [0.29, 0.717) is 6.04 Å². The molecule has 0 atom stereocenters. The Kier molecular flexibility index (Phi) is 5.60. The largest absolute Gasteiger partial charge is 0.354 e. The topological polar surface area (TPSA) is 44.3 Å². The van der Waals surface area contributed by atoms with Gasteiger partial charge in [-0.15, -0.1) is 0 Å². The minimum absolute atomic E-state index is 0.618. The molecule has 5 nitrogen and oxygen atoms in total. The van der Waals surface area contributed by atoms with Crippen LogP contribution in [0.1, 0.15) is 27.2 Å². The van der Waals surface area contributed by atoms with Crippen molar-refractivity contribution in [2.24, 2.45) is 0 Å². The molecular weight excluding hydrogens is 318 g/mol. The van der Waals surface area contributed by atoms with E-state index < -0.39 is 0 Å². The molecule has 1 N–H and O–H groups in total. The van der Waals surface area contributed by atoms with Gasteiger partial charge in [0, 0.05) is 45.0 Å². The molecule has 0 amide bonds. The molecule has 0 aromatic carbocycles. The molecule has 1 aromatic rings. The van der Waals surface area contributed by atoms with Gasteiger partial charge < -0.3 is 10.2 Å². The first kappa shape index (κ1) is 15.5. The Labute approximate surface area is 129 Å². The zero-order valence-corrected chi connectivity index (χ0v) is 14.2. The number of rotatable bonds is 5. The van der Waals surface area contributed by atoms with Gasteiger partial charge in [-0.2, -0.15) is 4.98 Å². The van der Waals surface area contributed by atoms with E-state index in [9.17, 15) is 0 Å². The lowest BCUT2D eigenvalue weighted by atomic mass is 10.2. The molecule has 20 heavy (non-hydrogen) atoms. The maximum absolute atomic E-state index is 4.64. The molecule has 1 aliphatic heterocycles. The van der Waals surface area contributed by atoms with Gasteiger partial charge in [0.05, 0.1) is 4.47 Å². The van der Waals surface area contributed by atoms with Crippen molar-refractivity contribution in [3.8, 4) is 0 Å². The fourth-order valence-electron chi connectivity index (χ4n) is 2.35. The SMILES string of the molecule is CCCNc1ncc(Br)c(N2CCN(C(C)C)CC2)n1. The minimum atomic E-state index is 0.618. The summed E-state index contributed by atoms with van der Waals surface area (Å²) in [5.41, 5.74) is 0. The number of hydrogen-bond acceptors (Lipinski definition) is 5. The van der Waals surface area contributed by atoms with E-state index in [0.717, 1.165) is 55.4 Å². The molecule has 0 saturated carbocycles. The lowest BCUT2D eigenvalue weighted by Crippen LogP contribution is -2.49. The summed E-state index contributed by atoms with van der Waals surface area (Å²) >= 11 is 3.57. The van der Waals surface area contributed by atoms with Crippen LogP contribution in [0.5, 0.6) is 0 Å².